The second-order valence-electron chi connectivity index (χ2n) is 9.01. The normalized spacial score (nSPS) is 15.5. The van der Waals surface area contributed by atoms with E-state index in [2.05, 4.69) is 0 Å². The summed E-state index contributed by atoms with van der Waals surface area (Å²) in [6, 6.07) is 10.8. The lowest BCUT2D eigenvalue weighted by atomic mass is 9.91. The van der Waals surface area contributed by atoms with Gasteiger partial charge in [0.2, 0.25) is 0 Å². The summed E-state index contributed by atoms with van der Waals surface area (Å²) < 4.78 is 72.6. The van der Waals surface area contributed by atoms with Crippen molar-refractivity contribution in [2.45, 2.75) is 43.4 Å². The van der Waals surface area contributed by atoms with Crippen molar-refractivity contribution in [2.75, 3.05) is 13.1 Å². The molecule has 1 aliphatic heterocycles. The Morgan fingerprint density at radius 2 is 1.70 bits per heavy atom. The lowest BCUT2D eigenvalue weighted by Crippen LogP contribution is -2.50. The molecule has 3 aromatic rings. The van der Waals surface area contributed by atoms with Crippen LogP contribution in [-0.2, 0) is 20.9 Å². The summed E-state index contributed by atoms with van der Waals surface area (Å²) in [5.41, 5.74) is -0.604. The van der Waals surface area contributed by atoms with Crippen molar-refractivity contribution in [3.05, 3.63) is 65.9 Å². The van der Waals surface area contributed by atoms with E-state index < -0.39 is 32.3 Å². The van der Waals surface area contributed by atoms with Crippen LogP contribution in [0.4, 0.5) is 18.0 Å². The van der Waals surface area contributed by atoms with Crippen LogP contribution in [-0.4, -0.2) is 42.1 Å². The van der Waals surface area contributed by atoms with E-state index in [0.717, 1.165) is 27.7 Å². The van der Waals surface area contributed by atoms with Gasteiger partial charge in [0.25, 0.3) is 10.0 Å². The molecular weight excluding hydrogens is 457 g/mol. The van der Waals surface area contributed by atoms with Crippen LogP contribution in [0.1, 0.15) is 37.8 Å². The van der Waals surface area contributed by atoms with Gasteiger partial charge in [0.1, 0.15) is 10.5 Å². The smallest absolute Gasteiger partial charge is 0.417 e. The number of hydrogen-bond donors (Lipinski definition) is 0. The summed E-state index contributed by atoms with van der Waals surface area (Å²) in [7, 11) is -4.47. The van der Waals surface area contributed by atoms with Crippen molar-refractivity contribution >= 4 is 27.0 Å². The van der Waals surface area contributed by atoms with Crippen LogP contribution < -0.4 is 0 Å². The molecule has 1 amide bonds. The number of carbonyl (C=O) groups is 1. The van der Waals surface area contributed by atoms with Gasteiger partial charge in [-0.05, 0) is 56.7 Å². The Morgan fingerprint density at radius 1 is 1.03 bits per heavy atom. The largest absolute Gasteiger partial charge is 0.444 e. The molecule has 0 atom stereocenters. The number of ether oxygens (including phenoxy) is 1. The van der Waals surface area contributed by atoms with Gasteiger partial charge >= 0.3 is 12.3 Å². The van der Waals surface area contributed by atoms with Gasteiger partial charge in [0.15, 0.2) is 0 Å². The highest BCUT2D eigenvalue weighted by atomic mass is 32.2. The quantitative estimate of drug-likeness (QED) is 0.515. The lowest BCUT2D eigenvalue weighted by Gasteiger charge is -2.40. The Morgan fingerprint density at radius 3 is 2.33 bits per heavy atom. The fourth-order valence-electron chi connectivity index (χ4n) is 3.80. The highest BCUT2D eigenvalue weighted by Crippen LogP contribution is 2.36. The summed E-state index contributed by atoms with van der Waals surface area (Å²) in [6.07, 6.45) is -3.94. The number of aromatic nitrogens is 1. The van der Waals surface area contributed by atoms with Gasteiger partial charge in [-0.25, -0.2) is 17.2 Å². The molecule has 0 saturated carbocycles. The molecule has 1 aliphatic rings. The Bertz CT molecular complexity index is 1320. The highest BCUT2D eigenvalue weighted by molar-refractivity contribution is 7.90. The molecule has 0 aliphatic carbocycles. The molecule has 0 unspecified atom stereocenters. The molecular formula is C23H23F3N2O4S. The summed E-state index contributed by atoms with van der Waals surface area (Å²) >= 11 is 0. The van der Waals surface area contributed by atoms with E-state index >= 15 is 0 Å². The van der Waals surface area contributed by atoms with E-state index in [1.165, 1.54) is 12.3 Å². The van der Waals surface area contributed by atoms with Crippen LogP contribution in [0.5, 0.6) is 0 Å². The number of likely N-dealkylation sites (tertiary alicyclic amines) is 1. The van der Waals surface area contributed by atoms with Crippen LogP contribution in [0.25, 0.3) is 10.9 Å². The molecule has 2 aromatic carbocycles. The van der Waals surface area contributed by atoms with Crippen molar-refractivity contribution in [2.24, 2.45) is 0 Å². The van der Waals surface area contributed by atoms with E-state index in [1.54, 1.807) is 49.9 Å². The minimum Gasteiger partial charge on any atom is -0.444 e. The molecule has 1 fully saturated rings. The maximum Gasteiger partial charge on any atom is 0.417 e. The summed E-state index contributed by atoms with van der Waals surface area (Å²) in [4.78, 5) is 12.9. The number of halogens is 3. The fourth-order valence-corrected chi connectivity index (χ4v) is 5.37. The zero-order valence-electron chi connectivity index (χ0n) is 18.3. The van der Waals surface area contributed by atoms with Crippen LogP contribution in [0, 0.1) is 0 Å². The predicted molar refractivity (Wildman–Crippen MR) is 117 cm³/mol. The molecule has 1 saturated heterocycles. The van der Waals surface area contributed by atoms with Crippen LogP contribution in [0.3, 0.4) is 0 Å². The molecule has 10 heteroatoms. The molecule has 176 valence electrons. The molecule has 0 radical (unpaired) electrons. The third-order valence-corrected chi connectivity index (χ3v) is 7.16. The Labute approximate surface area is 189 Å². The average molecular weight is 481 g/mol. The number of benzene rings is 2. The van der Waals surface area contributed by atoms with Crippen LogP contribution >= 0.6 is 0 Å². The van der Waals surface area contributed by atoms with Crippen molar-refractivity contribution in [3.8, 4) is 0 Å². The molecule has 0 bridgehead atoms. The molecule has 6 nitrogen and oxygen atoms in total. The first-order chi connectivity index (χ1) is 15.3. The van der Waals surface area contributed by atoms with E-state index in [9.17, 15) is 26.4 Å². The SMILES string of the molecule is CC(C)(C)OC(=O)N1CC(c2ccc3c(ccn3S(=O)(=O)c3ccccc3C(F)(F)F)c2)C1. The number of amides is 1. The minimum atomic E-state index is -4.80. The van der Waals surface area contributed by atoms with Crippen molar-refractivity contribution in [3.63, 3.8) is 0 Å². The molecule has 1 aromatic heterocycles. The number of rotatable bonds is 3. The van der Waals surface area contributed by atoms with Gasteiger partial charge in [-0.15, -0.1) is 0 Å². The summed E-state index contributed by atoms with van der Waals surface area (Å²) in [5, 5.41) is 0.580. The van der Waals surface area contributed by atoms with Gasteiger partial charge in [-0.2, -0.15) is 13.2 Å². The molecule has 33 heavy (non-hydrogen) atoms. The molecule has 2 heterocycles. The second kappa shape index (κ2) is 7.79. The zero-order chi connectivity index (χ0) is 24.2. The Balaban J connectivity index is 1.60. The maximum atomic E-state index is 13.4. The number of carbonyl (C=O) groups excluding carboxylic acids is 1. The number of hydrogen-bond acceptors (Lipinski definition) is 4. The Kier molecular flexibility index (Phi) is 5.47. The maximum absolute atomic E-state index is 13.4. The van der Waals surface area contributed by atoms with Gasteiger partial charge in [-0.1, -0.05) is 18.2 Å². The standard InChI is InChI=1S/C23H23F3N2O4S/c1-22(2,3)32-21(29)27-13-17(14-27)15-8-9-19-16(12-15)10-11-28(19)33(30,31)20-7-5-4-6-18(20)23(24,25)26/h4-12,17H,13-14H2,1-3H3. The summed E-state index contributed by atoms with van der Waals surface area (Å²) in [6.45, 7) is 6.32. The third kappa shape index (κ3) is 4.44. The second-order valence-corrected chi connectivity index (χ2v) is 10.8. The molecule has 0 spiro atoms. The predicted octanol–water partition coefficient (Wildman–Crippen LogP) is 5.23. The van der Waals surface area contributed by atoms with Gasteiger partial charge in [0.05, 0.1) is 11.1 Å². The van der Waals surface area contributed by atoms with Crippen molar-refractivity contribution < 1.29 is 31.1 Å². The zero-order valence-corrected chi connectivity index (χ0v) is 19.1. The first-order valence-corrected chi connectivity index (χ1v) is 11.7. The van der Waals surface area contributed by atoms with E-state index in [4.69, 9.17) is 4.74 Å². The number of alkyl halides is 3. The van der Waals surface area contributed by atoms with E-state index in [1.807, 2.05) is 0 Å². The third-order valence-electron chi connectivity index (χ3n) is 5.41. The van der Waals surface area contributed by atoms with E-state index in [0.29, 0.717) is 18.5 Å². The van der Waals surface area contributed by atoms with Crippen LogP contribution in [0.2, 0.25) is 0 Å². The van der Waals surface area contributed by atoms with Crippen molar-refractivity contribution in [1.82, 2.24) is 8.87 Å². The number of fused-ring (bicyclic) bond motifs is 1. The van der Waals surface area contributed by atoms with Gasteiger partial charge < -0.3 is 9.64 Å². The number of nitrogens with zero attached hydrogens (tertiary/aromatic N) is 2. The van der Waals surface area contributed by atoms with Gasteiger partial charge in [-0.3, -0.25) is 0 Å². The monoisotopic (exact) mass is 480 g/mol. The first-order valence-electron chi connectivity index (χ1n) is 10.3. The fraction of sp³-hybridized carbons (Fsp3) is 0.348. The van der Waals surface area contributed by atoms with Crippen LogP contribution in [0.15, 0.2) is 59.6 Å². The Hall–Kier alpha value is -3.01. The highest BCUT2D eigenvalue weighted by Gasteiger charge is 2.38. The first kappa shape index (κ1) is 23.2. The average Bonchev–Trinajstić information content (AvgIpc) is 3.09. The summed E-state index contributed by atoms with van der Waals surface area (Å²) in [5.74, 6) is 0.0628. The topological polar surface area (TPSA) is 68.6 Å². The minimum absolute atomic E-state index is 0.0628. The molecule has 4 rings (SSSR count). The molecule has 0 N–H and O–H groups in total. The van der Waals surface area contributed by atoms with Gasteiger partial charge in [0, 0.05) is 30.6 Å². The lowest BCUT2D eigenvalue weighted by molar-refractivity contribution is -0.139. The van der Waals surface area contributed by atoms with Crippen molar-refractivity contribution in [1.29, 1.82) is 0 Å². The van der Waals surface area contributed by atoms with E-state index in [-0.39, 0.29) is 17.5 Å².